The Bertz CT molecular complexity index is 427. The molecule has 0 aliphatic heterocycles. The summed E-state index contributed by atoms with van der Waals surface area (Å²) in [6, 6.07) is 1.14. The molecular formula is C10H13NO6. The Hall–Kier alpha value is -1.86. The summed E-state index contributed by atoms with van der Waals surface area (Å²) >= 11 is 0. The maximum absolute atomic E-state index is 11.0. The molecule has 1 aromatic heterocycles. The zero-order chi connectivity index (χ0) is 12.7. The second kappa shape index (κ2) is 6.66. The maximum Gasteiger partial charge on any atom is 0.243 e. The molecular weight excluding hydrogens is 230 g/mol. The van der Waals surface area contributed by atoms with Crippen LogP contribution in [0.25, 0.3) is 0 Å². The van der Waals surface area contributed by atoms with Crippen molar-refractivity contribution < 1.29 is 23.8 Å². The summed E-state index contributed by atoms with van der Waals surface area (Å²) in [6.07, 6.45) is 0.949. The first kappa shape index (κ1) is 13.2. The summed E-state index contributed by atoms with van der Waals surface area (Å²) in [5.41, 5.74) is 4.32. The third-order valence-corrected chi connectivity index (χ3v) is 1.73. The number of aromatic hydroxyl groups is 1. The number of rotatable bonds is 7. The van der Waals surface area contributed by atoms with Crippen LogP contribution in [-0.4, -0.2) is 30.8 Å². The molecule has 0 aliphatic rings. The molecule has 0 fully saturated rings. The molecule has 0 radical (unpaired) electrons. The van der Waals surface area contributed by atoms with E-state index in [9.17, 15) is 9.59 Å². The van der Waals surface area contributed by atoms with Gasteiger partial charge >= 0.3 is 0 Å². The monoisotopic (exact) mass is 243 g/mol. The van der Waals surface area contributed by atoms with Crippen LogP contribution in [0.2, 0.25) is 0 Å². The predicted molar refractivity (Wildman–Crippen MR) is 56.3 cm³/mol. The van der Waals surface area contributed by atoms with Gasteiger partial charge in [-0.2, -0.15) is 0 Å². The zero-order valence-corrected chi connectivity index (χ0v) is 9.05. The summed E-state index contributed by atoms with van der Waals surface area (Å²) in [7, 11) is 0. The molecule has 94 valence electrons. The van der Waals surface area contributed by atoms with Gasteiger partial charge in [-0.1, -0.05) is 0 Å². The average molecular weight is 243 g/mol. The largest absolute Gasteiger partial charge is 0.502 e. The van der Waals surface area contributed by atoms with Crippen LogP contribution in [0.4, 0.5) is 0 Å². The summed E-state index contributed by atoms with van der Waals surface area (Å²) in [5.74, 6) is -0.698. The molecule has 1 rings (SSSR count). The quantitative estimate of drug-likeness (QED) is 0.616. The van der Waals surface area contributed by atoms with Gasteiger partial charge in [0.15, 0.2) is 5.75 Å². The predicted octanol–water partition coefficient (Wildman–Crippen LogP) is -0.636. The van der Waals surface area contributed by atoms with Crippen LogP contribution in [0.5, 0.6) is 5.75 Å². The minimum Gasteiger partial charge on any atom is -0.502 e. The van der Waals surface area contributed by atoms with E-state index in [2.05, 4.69) is 0 Å². The topological polar surface area (TPSA) is 112 Å². The molecule has 0 unspecified atom stereocenters. The van der Waals surface area contributed by atoms with Crippen molar-refractivity contribution in [3.8, 4) is 5.75 Å². The van der Waals surface area contributed by atoms with Crippen LogP contribution < -0.4 is 11.2 Å². The Labute approximate surface area is 96.7 Å². The summed E-state index contributed by atoms with van der Waals surface area (Å²) < 4.78 is 14.8. The van der Waals surface area contributed by atoms with Crippen LogP contribution in [-0.2, 0) is 20.9 Å². The van der Waals surface area contributed by atoms with E-state index >= 15 is 0 Å². The molecule has 17 heavy (non-hydrogen) atoms. The SMILES string of the molecule is NC(=O)COCCOCc1cc(=O)c(O)co1. The second-order valence-corrected chi connectivity index (χ2v) is 3.17. The van der Waals surface area contributed by atoms with Crippen molar-refractivity contribution in [2.75, 3.05) is 19.8 Å². The van der Waals surface area contributed by atoms with Crippen LogP contribution in [0.15, 0.2) is 21.5 Å². The lowest BCUT2D eigenvalue weighted by molar-refractivity contribution is -0.123. The molecule has 3 N–H and O–H groups in total. The number of carbonyl (C=O) groups is 1. The lowest BCUT2D eigenvalue weighted by Crippen LogP contribution is -2.19. The van der Waals surface area contributed by atoms with Gasteiger partial charge < -0.3 is 24.7 Å². The summed E-state index contributed by atoms with van der Waals surface area (Å²) in [6.45, 7) is 0.371. The Balaban J connectivity index is 2.20. The highest BCUT2D eigenvalue weighted by Crippen LogP contribution is 2.04. The van der Waals surface area contributed by atoms with Crippen LogP contribution >= 0.6 is 0 Å². The standard InChI is InChI=1S/C10H13NO6/c11-10(14)6-16-2-1-15-4-7-3-8(12)9(13)5-17-7/h3,5,13H,1-2,4,6H2,(H2,11,14). The molecule has 0 saturated heterocycles. The average Bonchev–Trinajstić information content (AvgIpc) is 2.27. The van der Waals surface area contributed by atoms with Gasteiger partial charge in [0.1, 0.15) is 25.2 Å². The van der Waals surface area contributed by atoms with Crippen molar-refractivity contribution in [3.63, 3.8) is 0 Å². The van der Waals surface area contributed by atoms with E-state index in [0.717, 1.165) is 12.3 Å². The molecule has 0 aromatic carbocycles. The minimum atomic E-state index is -0.547. The van der Waals surface area contributed by atoms with Crippen LogP contribution in [0, 0.1) is 0 Å². The second-order valence-electron chi connectivity index (χ2n) is 3.17. The number of primary amides is 1. The molecule has 7 nitrogen and oxygen atoms in total. The van der Waals surface area contributed by atoms with Gasteiger partial charge in [-0.3, -0.25) is 9.59 Å². The van der Waals surface area contributed by atoms with Crippen molar-refractivity contribution >= 4 is 5.91 Å². The van der Waals surface area contributed by atoms with Crippen molar-refractivity contribution in [2.24, 2.45) is 5.73 Å². The highest BCUT2D eigenvalue weighted by Gasteiger charge is 2.01. The molecule has 1 amide bonds. The van der Waals surface area contributed by atoms with Gasteiger partial charge in [0.25, 0.3) is 0 Å². The molecule has 0 aliphatic carbocycles. The van der Waals surface area contributed by atoms with Crippen LogP contribution in [0.1, 0.15) is 5.76 Å². The Morgan fingerprint density at radius 1 is 1.41 bits per heavy atom. The third kappa shape index (κ3) is 5.14. The fourth-order valence-corrected chi connectivity index (χ4v) is 0.983. The smallest absolute Gasteiger partial charge is 0.243 e. The number of carbonyl (C=O) groups excluding carboxylic acids is 1. The first-order valence-electron chi connectivity index (χ1n) is 4.84. The van der Waals surface area contributed by atoms with Crippen molar-refractivity contribution in [1.82, 2.24) is 0 Å². The summed E-state index contributed by atoms with van der Waals surface area (Å²) in [4.78, 5) is 21.3. The lowest BCUT2D eigenvalue weighted by atomic mass is 10.4. The maximum atomic E-state index is 11.0. The number of nitrogens with two attached hydrogens (primary N) is 1. The Morgan fingerprint density at radius 3 is 2.76 bits per heavy atom. The first-order valence-corrected chi connectivity index (χ1v) is 4.84. The van der Waals surface area contributed by atoms with Gasteiger partial charge in [0.2, 0.25) is 11.3 Å². The van der Waals surface area contributed by atoms with Gasteiger partial charge in [-0.15, -0.1) is 0 Å². The van der Waals surface area contributed by atoms with E-state index in [1.807, 2.05) is 0 Å². The molecule has 7 heteroatoms. The third-order valence-electron chi connectivity index (χ3n) is 1.73. The molecule has 0 bridgehead atoms. The van der Waals surface area contributed by atoms with E-state index in [1.165, 1.54) is 0 Å². The van der Waals surface area contributed by atoms with E-state index in [0.29, 0.717) is 5.76 Å². The minimum absolute atomic E-state index is 0.0788. The number of amides is 1. The van der Waals surface area contributed by atoms with Gasteiger partial charge in [-0.25, -0.2) is 0 Å². The van der Waals surface area contributed by atoms with E-state index < -0.39 is 17.1 Å². The zero-order valence-electron chi connectivity index (χ0n) is 9.05. The highest BCUT2D eigenvalue weighted by molar-refractivity contribution is 5.74. The van der Waals surface area contributed by atoms with E-state index in [-0.39, 0.29) is 26.4 Å². The highest BCUT2D eigenvalue weighted by atomic mass is 16.5. The Morgan fingerprint density at radius 2 is 2.12 bits per heavy atom. The van der Waals surface area contributed by atoms with E-state index in [4.69, 9.17) is 24.7 Å². The van der Waals surface area contributed by atoms with Crippen molar-refractivity contribution in [2.45, 2.75) is 6.61 Å². The lowest BCUT2D eigenvalue weighted by Gasteiger charge is -2.03. The molecule has 1 heterocycles. The number of hydrogen-bond acceptors (Lipinski definition) is 6. The fourth-order valence-electron chi connectivity index (χ4n) is 0.983. The molecule has 0 saturated carbocycles. The molecule has 0 atom stereocenters. The Kier molecular flexibility index (Phi) is 5.18. The first-order chi connectivity index (χ1) is 8.09. The number of hydrogen-bond donors (Lipinski definition) is 2. The summed E-state index contributed by atoms with van der Waals surface area (Å²) in [5, 5.41) is 8.93. The van der Waals surface area contributed by atoms with Gasteiger partial charge in [0, 0.05) is 6.07 Å². The van der Waals surface area contributed by atoms with Crippen LogP contribution in [0.3, 0.4) is 0 Å². The normalized spacial score (nSPS) is 10.4. The molecule has 0 spiro atoms. The van der Waals surface area contributed by atoms with Crippen molar-refractivity contribution in [3.05, 3.63) is 28.3 Å². The van der Waals surface area contributed by atoms with Gasteiger partial charge in [-0.05, 0) is 0 Å². The van der Waals surface area contributed by atoms with E-state index in [1.54, 1.807) is 0 Å². The fraction of sp³-hybridized carbons (Fsp3) is 0.400. The van der Waals surface area contributed by atoms with Gasteiger partial charge in [0.05, 0.1) is 13.2 Å². The molecule has 1 aromatic rings. The van der Waals surface area contributed by atoms with Crippen molar-refractivity contribution in [1.29, 1.82) is 0 Å². The number of ether oxygens (including phenoxy) is 2.